The number of carbonyl (C=O) groups is 2. The van der Waals surface area contributed by atoms with Gasteiger partial charge in [-0.25, -0.2) is 0 Å². The van der Waals surface area contributed by atoms with Crippen molar-refractivity contribution in [1.82, 2.24) is 5.32 Å². The Bertz CT molecular complexity index is 806. The minimum Gasteiger partial charge on any atom is -0.496 e. The summed E-state index contributed by atoms with van der Waals surface area (Å²) in [6.07, 6.45) is 0. The third-order valence-corrected chi connectivity index (χ3v) is 5.15. The number of ether oxygens (including phenoxy) is 1. The van der Waals surface area contributed by atoms with E-state index in [1.54, 1.807) is 38.3 Å². The zero-order valence-corrected chi connectivity index (χ0v) is 16.1. The summed E-state index contributed by atoms with van der Waals surface area (Å²) >= 11 is 1.15. The van der Waals surface area contributed by atoms with Crippen molar-refractivity contribution in [3.8, 4) is 5.75 Å². The van der Waals surface area contributed by atoms with Crippen LogP contribution >= 0.6 is 11.8 Å². The second-order valence-electron chi connectivity index (χ2n) is 6.04. The molecule has 26 heavy (non-hydrogen) atoms. The van der Waals surface area contributed by atoms with Crippen LogP contribution in [0.5, 0.6) is 5.75 Å². The Morgan fingerprint density at radius 2 is 1.85 bits per heavy atom. The molecule has 0 radical (unpaired) electrons. The van der Waals surface area contributed by atoms with Crippen molar-refractivity contribution in [1.29, 1.82) is 0 Å². The van der Waals surface area contributed by atoms with Crippen molar-refractivity contribution in [3.05, 3.63) is 59.2 Å². The van der Waals surface area contributed by atoms with Crippen molar-refractivity contribution in [2.75, 3.05) is 7.11 Å². The molecule has 2 aromatic rings. The number of amides is 1. The lowest BCUT2D eigenvalue weighted by Crippen LogP contribution is -2.27. The Balaban J connectivity index is 2.23. The van der Waals surface area contributed by atoms with E-state index in [9.17, 15) is 9.59 Å². The van der Waals surface area contributed by atoms with Crippen LogP contribution in [-0.2, 0) is 4.79 Å². The number of benzene rings is 2. The van der Waals surface area contributed by atoms with Crippen LogP contribution in [0.25, 0.3) is 0 Å². The number of methoxy groups -OCH3 is 1. The number of nitrogens with one attached hydrogen (secondary N) is 1. The smallest absolute Gasteiger partial charge is 0.316 e. The third kappa shape index (κ3) is 4.79. The molecule has 0 bridgehead atoms. The Kier molecular flexibility index (Phi) is 6.69. The molecule has 2 atom stereocenters. The van der Waals surface area contributed by atoms with Gasteiger partial charge in [-0.15, -0.1) is 11.8 Å². The van der Waals surface area contributed by atoms with Crippen molar-refractivity contribution in [3.63, 3.8) is 0 Å². The van der Waals surface area contributed by atoms with Crippen LogP contribution in [0, 0.1) is 6.92 Å². The van der Waals surface area contributed by atoms with Gasteiger partial charge in [0.2, 0.25) is 0 Å². The summed E-state index contributed by atoms with van der Waals surface area (Å²) in [4.78, 5) is 24.5. The molecule has 2 unspecified atom stereocenters. The lowest BCUT2D eigenvalue weighted by atomic mass is 10.0. The lowest BCUT2D eigenvalue weighted by molar-refractivity contribution is -0.136. The summed E-state index contributed by atoms with van der Waals surface area (Å²) in [5.74, 6) is -0.449. The molecule has 138 valence electrons. The fourth-order valence-electron chi connectivity index (χ4n) is 2.54. The molecule has 0 aliphatic rings. The summed E-state index contributed by atoms with van der Waals surface area (Å²) in [7, 11) is 1.60. The van der Waals surface area contributed by atoms with Crippen molar-refractivity contribution in [2.24, 2.45) is 0 Å². The van der Waals surface area contributed by atoms with E-state index in [0.29, 0.717) is 16.2 Å². The fourth-order valence-corrected chi connectivity index (χ4v) is 3.47. The quantitative estimate of drug-likeness (QED) is 0.716. The number of thioether (sulfide) groups is 1. The maximum Gasteiger partial charge on any atom is 0.316 e. The Morgan fingerprint density at radius 3 is 2.50 bits per heavy atom. The van der Waals surface area contributed by atoms with Crippen LogP contribution in [-0.4, -0.2) is 29.3 Å². The standard InChI is InChI=1S/C20H23NO4S/c1-12-9-10-17(25-4)16(11-12)13(2)21-19(22)15-7-5-6-8-18(15)26-14(3)20(23)24/h5-11,13-14H,1-4H3,(H,21,22)(H,23,24). The number of carboxylic acid groups (broad SMARTS) is 1. The highest BCUT2D eigenvalue weighted by atomic mass is 32.2. The topological polar surface area (TPSA) is 75.6 Å². The monoisotopic (exact) mass is 373 g/mol. The van der Waals surface area contributed by atoms with Gasteiger partial charge in [0, 0.05) is 10.5 Å². The molecule has 0 saturated heterocycles. The predicted molar refractivity (Wildman–Crippen MR) is 103 cm³/mol. The van der Waals surface area contributed by atoms with Crippen LogP contribution in [0.4, 0.5) is 0 Å². The molecule has 0 aromatic heterocycles. The molecule has 0 aliphatic carbocycles. The van der Waals surface area contributed by atoms with E-state index in [1.807, 2.05) is 32.0 Å². The number of hydrogen-bond acceptors (Lipinski definition) is 4. The van der Waals surface area contributed by atoms with Crippen molar-refractivity contribution >= 4 is 23.6 Å². The van der Waals surface area contributed by atoms with Crippen molar-refractivity contribution in [2.45, 2.75) is 37.0 Å². The summed E-state index contributed by atoms with van der Waals surface area (Å²) in [6.45, 7) is 5.48. The first-order valence-electron chi connectivity index (χ1n) is 8.27. The van der Waals surface area contributed by atoms with E-state index < -0.39 is 11.2 Å². The maximum absolute atomic E-state index is 12.8. The maximum atomic E-state index is 12.8. The Hall–Kier alpha value is -2.47. The molecule has 2 aromatic carbocycles. The largest absolute Gasteiger partial charge is 0.496 e. The zero-order valence-electron chi connectivity index (χ0n) is 15.3. The highest BCUT2D eigenvalue weighted by molar-refractivity contribution is 8.00. The van der Waals surface area contributed by atoms with E-state index in [4.69, 9.17) is 9.84 Å². The summed E-state index contributed by atoms with van der Waals surface area (Å²) < 4.78 is 5.39. The van der Waals surface area contributed by atoms with Gasteiger partial charge in [-0.2, -0.15) is 0 Å². The zero-order chi connectivity index (χ0) is 19.3. The van der Waals surface area contributed by atoms with E-state index in [0.717, 1.165) is 22.9 Å². The van der Waals surface area contributed by atoms with E-state index in [-0.39, 0.29) is 11.9 Å². The molecular weight excluding hydrogens is 350 g/mol. The Morgan fingerprint density at radius 1 is 1.15 bits per heavy atom. The predicted octanol–water partition coefficient (Wildman–Crippen LogP) is 4.06. The number of carboxylic acids is 1. The number of rotatable bonds is 7. The van der Waals surface area contributed by atoms with Crippen LogP contribution in [0.3, 0.4) is 0 Å². The van der Waals surface area contributed by atoms with Crippen molar-refractivity contribution < 1.29 is 19.4 Å². The first kappa shape index (κ1) is 19.8. The fraction of sp³-hybridized carbons (Fsp3) is 0.300. The second kappa shape index (κ2) is 8.76. The van der Waals surface area contributed by atoms with Crippen LogP contribution in [0.15, 0.2) is 47.4 Å². The van der Waals surface area contributed by atoms with Gasteiger partial charge in [0.15, 0.2) is 0 Å². The molecule has 2 rings (SSSR count). The van der Waals surface area contributed by atoms with Crippen LogP contribution in [0.1, 0.15) is 41.4 Å². The average Bonchev–Trinajstić information content (AvgIpc) is 2.61. The number of aliphatic carboxylic acids is 1. The van der Waals surface area contributed by atoms with E-state index >= 15 is 0 Å². The average molecular weight is 373 g/mol. The molecule has 6 heteroatoms. The summed E-state index contributed by atoms with van der Waals surface area (Å²) in [6, 6.07) is 12.6. The number of aryl methyl sites for hydroxylation is 1. The molecule has 0 spiro atoms. The second-order valence-corrected chi connectivity index (χ2v) is 7.42. The lowest BCUT2D eigenvalue weighted by Gasteiger charge is -2.19. The first-order chi connectivity index (χ1) is 12.3. The molecular formula is C20H23NO4S. The SMILES string of the molecule is COc1ccc(C)cc1C(C)NC(=O)c1ccccc1SC(C)C(=O)O. The summed E-state index contributed by atoms with van der Waals surface area (Å²) in [5.41, 5.74) is 2.43. The highest BCUT2D eigenvalue weighted by Crippen LogP contribution is 2.29. The molecule has 0 aliphatic heterocycles. The minimum absolute atomic E-state index is 0.248. The van der Waals surface area contributed by atoms with Gasteiger partial charge in [-0.05, 0) is 39.0 Å². The van der Waals surface area contributed by atoms with Crippen LogP contribution in [0.2, 0.25) is 0 Å². The number of carbonyl (C=O) groups excluding carboxylic acids is 1. The molecule has 0 saturated carbocycles. The third-order valence-electron chi connectivity index (χ3n) is 3.98. The van der Waals surface area contributed by atoms with Gasteiger partial charge in [-0.1, -0.05) is 29.8 Å². The number of hydrogen-bond donors (Lipinski definition) is 2. The molecule has 1 amide bonds. The van der Waals surface area contributed by atoms with E-state index in [1.165, 1.54) is 0 Å². The first-order valence-corrected chi connectivity index (χ1v) is 9.15. The van der Waals surface area contributed by atoms with Gasteiger partial charge in [-0.3, -0.25) is 9.59 Å². The normalized spacial score (nSPS) is 12.9. The van der Waals surface area contributed by atoms with Gasteiger partial charge in [0.1, 0.15) is 11.0 Å². The van der Waals surface area contributed by atoms with Crippen LogP contribution < -0.4 is 10.1 Å². The molecule has 5 nitrogen and oxygen atoms in total. The Labute approximate surface area is 157 Å². The van der Waals surface area contributed by atoms with E-state index in [2.05, 4.69) is 5.32 Å². The molecule has 2 N–H and O–H groups in total. The highest BCUT2D eigenvalue weighted by Gasteiger charge is 2.20. The van der Waals surface area contributed by atoms with Gasteiger partial charge < -0.3 is 15.2 Å². The molecule has 0 fully saturated rings. The molecule has 0 heterocycles. The van der Waals surface area contributed by atoms with Gasteiger partial charge in [0.25, 0.3) is 5.91 Å². The van der Waals surface area contributed by atoms with Gasteiger partial charge >= 0.3 is 5.97 Å². The minimum atomic E-state index is -0.914. The van der Waals surface area contributed by atoms with Gasteiger partial charge in [0.05, 0.1) is 18.7 Å². The summed E-state index contributed by atoms with van der Waals surface area (Å²) in [5, 5.41) is 11.5.